The van der Waals surface area contributed by atoms with E-state index in [9.17, 15) is 14.4 Å². The van der Waals surface area contributed by atoms with Crippen LogP contribution in [0.25, 0.3) is 0 Å². The van der Waals surface area contributed by atoms with Gasteiger partial charge in [0.05, 0.1) is 4.34 Å². The smallest absolute Gasteiger partial charge is 0.277 e. The quantitative estimate of drug-likeness (QED) is 0.859. The molecule has 0 radical (unpaired) electrons. The van der Waals surface area contributed by atoms with E-state index in [-0.39, 0.29) is 6.54 Å². The van der Waals surface area contributed by atoms with Crippen LogP contribution in [0, 0.1) is 5.92 Å². The fraction of sp³-hybridized carbons (Fsp3) is 0.364. The average Bonchev–Trinajstić information content (AvgIpc) is 2.72. The standard InChI is InChI=1S/C11H11ClN2O3S/c1-6-9(15)13-11(17)14(10(6)16)5-4-7-2-3-8(12)18-7/h2-3,6H,4-5H2,1H3,(H,13,15,17). The lowest BCUT2D eigenvalue weighted by Gasteiger charge is -2.28. The molecule has 5 nitrogen and oxygen atoms in total. The number of amides is 4. The Balaban J connectivity index is 2.02. The van der Waals surface area contributed by atoms with Crippen molar-refractivity contribution in [3.8, 4) is 0 Å². The molecular formula is C11H11ClN2O3S. The summed E-state index contributed by atoms with van der Waals surface area (Å²) < 4.78 is 0.669. The van der Waals surface area contributed by atoms with Crippen molar-refractivity contribution in [3.63, 3.8) is 0 Å². The van der Waals surface area contributed by atoms with Gasteiger partial charge in [-0.25, -0.2) is 4.79 Å². The highest BCUT2D eigenvalue weighted by Crippen LogP contribution is 2.22. The summed E-state index contributed by atoms with van der Waals surface area (Å²) in [6.45, 7) is 1.73. The molecule has 1 aliphatic rings. The Labute approximate surface area is 113 Å². The molecule has 1 unspecified atom stereocenters. The number of hydrogen-bond donors (Lipinski definition) is 1. The summed E-state index contributed by atoms with van der Waals surface area (Å²) in [5.41, 5.74) is 0. The summed E-state index contributed by atoms with van der Waals surface area (Å²) in [5, 5.41) is 2.16. The summed E-state index contributed by atoms with van der Waals surface area (Å²) in [6, 6.07) is 2.98. The lowest BCUT2D eigenvalue weighted by Crippen LogP contribution is -2.57. The van der Waals surface area contributed by atoms with E-state index in [1.807, 2.05) is 6.07 Å². The molecule has 0 bridgehead atoms. The first-order valence-electron chi connectivity index (χ1n) is 5.39. The Morgan fingerprint density at radius 2 is 2.11 bits per heavy atom. The van der Waals surface area contributed by atoms with Crippen molar-refractivity contribution >= 4 is 40.8 Å². The van der Waals surface area contributed by atoms with Crippen LogP contribution in [0.3, 0.4) is 0 Å². The van der Waals surface area contributed by atoms with Crippen molar-refractivity contribution in [2.75, 3.05) is 6.54 Å². The predicted molar refractivity (Wildman–Crippen MR) is 67.4 cm³/mol. The van der Waals surface area contributed by atoms with Gasteiger partial charge in [0.25, 0.3) is 0 Å². The largest absolute Gasteiger partial charge is 0.330 e. The van der Waals surface area contributed by atoms with Crippen LogP contribution in [0.4, 0.5) is 4.79 Å². The van der Waals surface area contributed by atoms with Gasteiger partial charge in [-0.1, -0.05) is 11.6 Å². The molecule has 1 atom stereocenters. The van der Waals surface area contributed by atoms with Crippen LogP contribution in [-0.2, 0) is 16.0 Å². The molecule has 1 N–H and O–H groups in total. The number of nitrogens with one attached hydrogen (secondary N) is 1. The SMILES string of the molecule is CC1C(=O)NC(=O)N(CCc2ccc(Cl)s2)C1=O. The third-order valence-corrected chi connectivity index (χ3v) is 4.01. The van der Waals surface area contributed by atoms with Crippen LogP contribution < -0.4 is 5.32 Å². The number of thiophene rings is 1. The van der Waals surface area contributed by atoms with Crippen molar-refractivity contribution in [1.82, 2.24) is 10.2 Å². The van der Waals surface area contributed by atoms with Crippen molar-refractivity contribution in [2.45, 2.75) is 13.3 Å². The highest BCUT2D eigenvalue weighted by atomic mass is 35.5. The maximum atomic E-state index is 11.8. The number of halogens is 1. The lowest BCUT2D eigenvalue weighted by molar-refractivity contribution is -0.141. The Morgan fingerprint density at radius 1 is 1.39 bits per heavy atom. The number of imide groups is 2. The molecule has 1 fully saturated rings. The minimum atomic E-state index is -0.811. The van der Waals surface area contributed by atoms with Crippen LogP contribution in [-0.4, -0.2) is 29.3 Å². The summed E-state index contributed by atoms with van der Waals surface area (Å²) in [5.74, 6) is -1.80. The van der Waals surface area contributed by atoms with Gasteiger partial charge >= 0.3 is 6.03 Å². The molecule has 4 amide bonds. The van der Waals surface area contributed by atoms with Crippen LogP contribution in [0.1, 0.15) is 11.8 Å². The fourth-order valence-corrected chi connectivity index (χ4v) is 2.72. The third-order valence-electron chi connectivity index (χ3n) is 2.72. The number of hydrogen-bond acceptors (Lipinski definition) is 4. The minimum absolute atomic E-state index is 0.249. The van der Waals surface area contributed by atoms with Crippen molar-refractivity contribution < 1.29 is 14.4 Å². The molecule has 1 aromatic rings. The van der Waals surface area contributed by atoms with Gasteiger partial charge in [0.1, 0.15) is 5.92 Å². The second kappa shape index (κ2) is 5.07. The number of urea groups is 1. The maximum absolute atomic E-state index is 11.8. The highest BCUT2D eigenvalue weighted by Gasteiger charge is 2.36. The van der Waals surface area contributed by atoms with Crippen molar-refractivity contribution in [1.29, 1.82) is 0 Å². The van der Waals surface area contributed by atoms with Crippen molar-refractivity contribution in [3.05, 3.63) is 21.3 Å². The van der Waals surface area contributed by atoms with Crippen molar-refractivity contribution in [2.24, 2.45) is 5.92 Å². The highest BCUT2D eigenvalue weighted by molar-refractivity contribution is 7.16. The fourth-order valence-electron chi connectivity index (χ4n) is 1.65. The zero-order valence-corrected chi connectivity index (χ0v) is 11.2. The molecule has 0 aromatic carbocycles. The molecule has 1 aromatic heterocycles. The monoisotopic (exact) mass is 286 g/mol. The summed E-state index contributed by atoms with van der Waals surface area (Å²) >= 11 is 7.20. The molecule has 1 aliphatic heterocycles. The van der Waals surface area contributed by atoms with Gasteiger partial charge in [-0.2, -0.15) is 0 Å². The van der Waals surface area contributed by atoms with E-state index in [2.05, 4.69) is 5.32 Å². The normalized spacial score (nSPS) is 20.2. The van der Waals surface area contributed by atoms with E-state index in [0.717, 1.165) is 9.78 Å². The van der Waals surface area contributed by atoms with Gasteiger partial charge in [-0.15, -0.1) is 11.3 Å². The van der Waals surface area contributed by atoms with Crippen LogP contribution in [0.2, 0.25) is 4.34 Å². The van der Waals surface area contributed by atoms with Crippen LogP contribution in [0.15, 0.2) is 12.1 Å². The third kappa shape index (κ3) is 2.54. The Kier molecular flexibility index (Phi) is 3.68. The van der Waals surface area contributed by atoms with Gasteiger partial charge in [0, 0.05) is 17.8 Å². The number of barbiturate groups is 1. The van der Waals surface area contributed by atoms with Gasteiger partial charge in [-0.05, 0) is 19.1 Å². The molecule has 96 valence electrons. The average molecular weight is 287 g/mol. The van der Waals surface area contributed by atoms with E-state index in [4.69, 9.17) is 11.6 Å². The van der Waals surface area contributed by atoms with Gasteiger partial charge in [-0.3, -0.25) is 19.8 Å². The Hall–Kier alpha value is -1.40. The van der Waals surface area contributed by atoms with E-state index in [1.54, 1.807) is 6.07 Å². The predicted octanol–water partition coefficient (Wildman–Crippen LogP) is 1.66. The van der Waals surface area contributed by atoms with Gasteiger partial charge < -0.3 is 0 Å². The van der Waals surface area contributed by atoms with Crippen LogP contribution in [0.5, 0.6) is 0 Å². The molecule has 18 heavy (non-hydrogen) atoms. The zero-order chi connectivity index (χ0) is 13.3. The second-order valence-electron chi connectivity index (χ2n) is 3.96. The molecule has 1 saturated heterocycles. The van der Waals surface area contributed by atoms with E-state index in [0.29, 0.717) is 10.8 Å². The molecule has 0 aliphatic carbocycles. The summed E-state index contributed by atoms with van der Waals surface area (Å²) in [7, 11) is 0. The van der Waals surface area contributed by atoms with Gasteiger partial charge in [0.2, 0.25) is 11.8 Å². The Bertz CT molecular complexity index is 514. The van der Waals surface area contributed by atoms with E-state index in [1.165, 1.54) is 18.3 Å². The van der Waals surface area contributed by atoms with E-state index < -0.39 is 23.8 Å². The molecule has 0 saturated carbocycles. The summed E-state index contributed by atoms with van der Waals surface area (Å²) in [4.78, 5) is 36.6. The zero-order valence-electron chi connectivity index (χ0n) is 9.60. The first-order valence-corrected chi connectivity index (χ1v) is 6.59. The maximum Gasteiger partial charge on any atom is 0.330 e. The van der Waals surface area contributed by atoms with Gasteiger partial charge in [0.15, 0.2) is 0 Å². The topological polar surface area (TPSA) is 66.5 Å². The first kappa shape index (κ1) is 13.0. The second-order valence-corrected chi connectivity index (χ2v) is 5.76. The number of rotatable bonds is 3. The molecule has 0 spiro atoms. The first-order chi connectivity index (χ1) is 8.49. The number of carbonyl (C=O) groups excluding carboxylic acids is 3. The molecule has 7 heteroatoms. The number of carbonyl (C=O) groups is 3. The van der Waals surface area contributed by atoms with Crippen LogP contribution >= 0.6 is 22.9 Å². The number of nitrogens with zero attached hydrogens (tertiary/aromatic N) is 1. The molecule has 2 heterocycles. The Morgan fingerprint density at radius 3 is 2.72 bits per heavy atom. The van der Waals surface area contributed by atoms with E-state index >= 15 is 0 Å². The summed E-state index contributed by atoms with van der Waals surface area (Å²) in [6.07, 6.45) is 0.539. The lowest BCUT2D eigenvalue weighted by atomic mass is 10.1. The molecular weight excluding hydrogens is 276 g/mol. The molecule has 2 rings (SSSR count). The minimum Gasteiger partial charge on any atom is -0.277 e.